The molecule has 0 unspecified atom stereocenters. The van der Waals surface area contributed by atoms with Gasteiger partial charge in [-0.25, -0.2) is 13.4 Å². The van der Waals surface area contributed by atoms with Crippen molar-refractivity contribution in [1.29, 1.82) is 0 Å². The fourth-order valence-corrected chi connectivity index (χ4v) is 3.97. The molecule has 3 rings (SSSR count). The molecule has 0 aliphatic rings. The van der Waals surface area contributed by atoms with Crippen LogP contribution in [0.3, 0.4) is 0 Å². The number of aryl methyl sites for hydroxylation is 1. The number of carbonyl (C=O) groups excluding carboxylic acids is 2. The van der Waals surface area contributed by atoms with Crippen molar-refractivity contribution in [2.75, 3.05) is 12.9 Å². The summed E-state index contributed by atoms with van der Waals surface area (Å²) in [6.45, 7) is 1.76. The summed E-state index contributed by atoms with van der Waals surface area (Å²) in [5.41, 5.74) is 2.58. The van der Waals surface area contributed by atoms with E-state index in [0.29, 0.717) is 17.0 Å². The van der Waals surface area contributed by atoms with E-state index in [1.165, 1.54) is 16.9 Å². The number of nitrogens with one attached hydrogen (secondary N) is 1. The van der Waals surface area contributed by atoms with Crippen LogP contribution in [0.15, 0.2) is 59.8 Å². The molecule has 1 aromatic carbocycles. The molecule has 2 heterocycles. The maximum atomic E-state index is 12.7. The molecule has 10 heteroatoms. The van der Waals surface area contributed by atoms with Gasteiger partial charge in [-0.05, 0) is 24.6 Å². The molecule has 0 fully saturated rings. The van der Waals surface area contributed by atoms with Gasteiger partial charge in [0.2, 0.25) is 9.84 Å². The van der Waals surface area contributed by atoms with Crippen LogP contribution < -0.4 is 5.32 Å². The van der Waals surface area contributed by atoms with Gasteiger partial charge in [-0.3, -0.25) is 14.3 Å². The highest BCUT2D eigenvalue weighted by Crippen LogP contribution is 2.20. The summed E-state index contributed by atoms with van der Waals surface area (Å²) in [6, 6.07) is 13.6. The lowest BCUT2D eigenvalue weighted by molar-refractivity contribution is -0.137. The standard InChI is InChI=1S/C21H22N4O5S/c1-14(16-9-10-19(22-12-16)31(28,29)13-20(26)30-3)23-21(27)18-11-17(24-25(18)2)15-7-5-4-6-8-15/h4-12,14H,13H2,1-3H3,(H,23,27)/t14-/m0/s1. The predicted octanol–water partition coefficient (Wildman–Crippen LogP) is 1.92. The van der Waals surface area contributed by atoms with Crippen molar-refractivity contribution in [3.63, 3.8) is 0 Å². The number of nitrogens with zero attached hydrogens (tertiary/aromatic N) is 3. The van der Waals surface area contributed by atoms with Gasteiger partial charge in [-0.15, -0.1) is 0 Å². The molecule has 1 amide bonds. The third-order valence-corrected chi connectivity index (χ3v) is 6.14. The first-order valence-corrected chi connectivity index (χ1v) is 11.0. The van der Waals surface area contributed by atoms with Crippen molar-refractivity contribution in [1.82, 2.24) is 20.1 Å². The van der Waals surface area contributed by atoms with E-state index >= 15 is 0 Å². The van der Waals surface area contributed by atoms with Gasteiger partial charge in [0.05, 0.1) is 18.8 Å². The zero-order valence-corrected chi connectivity index (χ0v) is 18.1. The van der Waals surface area contributed by atoms with Crippen molar-refractivity contribution in [3.8, 4) is 11.3 Å². The lowest BCUT2D eigenvalue weighted by Crippen LogP contribution is -2.28. The number of ether oxygens (including phenoxy) is 1. The SMILES string of the molecule is COC(=O)CS(=O)(=O)c1ccc([C@H](C)NC(=O)c2cc(-c3ccccc3)nn2C)cn1. The minimum Gasteiger partial charge on any atom is -0.468 e. The number of sulfone groups is 1. The van der Waals surface area contributed by atoms with Gasteiger partial charge in [-0.1, -0.05) is 36.4 Å². The van der Waals surface area contributed by atoms with Crippen LogP contribution in [0.2, 0.25) is 0 Å². The molecule has 0 spiro atoms. The highest BCUT2D eigenvalue weighted by molar-refractivity contribution is 7.92. The fourth-order valence-electron chi connectivity index (χ4n) is 2.90. The zero-order valence-electron chi connectivity index (χ0n) is 17.3. The lowest BCUT2D eigenvalue weighted by atomic mass is 10.1. The topological polar surface area (TPSA) is 120 Å². The van der Waals surface area contributed by atoms with E-state index < -0.39 is 27.6 Å². The van der Waals surface area contributed by atoms with Crippen molar-refractivity contribution >= 4 is 21.7 Å². The van der Waals surface area contributed by atoms with Crippen LogP contribution in [-0.2, 0) is 26.4 Å². The summed E-state index contributed by atoms with van der Waals surface area (Å²) < 4.78 is 30.2. The van der Waals surface area contributed by atoms with E-state index in [4.69, 9.17) is 0 Å². The third-order valence-electron chi connectivity index (χ3n) is 4.64. The first kappa shape index (κ1) is 22.2. The third kappa shape index (κ3) is 5.15. The Morgan fingerprint density at radius 2 is 1.87 bits per heavy atom. The van der Waals surface area contributed by atoms with E-state index in [1.54, 1.807) is 26.1 Å². The van der Waals surface area contributed by atoms with Gasteiger partial charge in [0.15, 0.2) is 10.8 Å². The summed E-state index contributed by atoms with van der Waals surface area (Å²) in [4.78, 5) is 27.9. The molecule has 0 aliphatic heterocycles. The molecule has 0 saturated heterocycles. The molecule has 1 N–H and O–H groups in total. The number of rotatable bonds is 7. The Balaban J connectivity index is 1.72. The molecule has 0 saturated carbocycles. The highest BCUT2D eigenvalue weighted by Gasteiger charge is 2.22. The number of amides is 1. The largest absolute Gasteiger partial charge is 0.468 e. The fraction of sp³-hybridized carbons (Fsp3) is 0.238. The van der Waals surface area contributed by atoms with Crippen LogP contribution in [-0.4, -0.2) is 47.9 Å². The summed E-state index contributed by atoms with van der Waals surface area (Å²) >= 11 is 0. The van der Waals surface area contributed by atoms with Crippen LogP contribution in [0.5, 0.6) is 0 Å². The smallest absolute Gasteiger partial charge is 0.321 e. The molecule has 9 nitrogen and oxygen atoms in total. The quantitative estimate of drug-likeness (QED) is 0.555. The molecular weight excluding hydrogens is 420 g/mol. The predicted molar refractivity (Wildman–Crippen MR) is 113 cm³/mol. The molecule has 2 aromatic heterocycles. The van der Waals surface area contributed by atoms with Crippen LogP contribution >= 0.6 is 0 Å². The average Bonchev–Trinajstić information content (AvgIpc) is 3.16. The maximum Gasteiger partial charge on any atom is 0.321 e. The van der Waals surface area contributed by atoms with E-state index in [9.17, 15) is 18.0 Å². The minimum atomic E-state index is -3.89. The van der Waals surface area contributed by atoms with Gasteiger partial charge in [0, 0.05) is 18.8 Å². The summed E-state index contributed by atoms with van der Waals surface area (Å²) in [5, 5.41) is 7.01. The van der Waals surface area contributed by atoms with E-state index in [-0.39, 0.29) is 10.9 Å². The first-order valence-electron chi connectivity index (χ1n) is 9.37. The maximum absolute atomic E-state index is 12.7. The van der Waals surface area contributed by atoms with Gasteiger partial charge < -0.3 is 10.1 Å². The van der Waals surface area contributed by atoms with Gasteiger partial charge in [0.1, 0.15) is 5.69 Å². The number of hydrogen-bond donors (Lipinski definition) is 1. The van der Waals surface area contributed by atoms with Gasteiger partial charge in [0.25, 0.3) is 5.91 Å². The van der Waals surface area contributed by atoms with Gasteiger partial charge >= 0.3 is 5.97 Å². The monoisotopic (exact) mass is 442 g/mol. The molecule has 0 radical (unpaired) electrons. The number of benzene rings is 1. The summed E-state index contributed by atoms with van der Waals surface area (Å²) in [5.74, 6) is -1.98. The van der Waals surface area contributed by atoms with Crippen LogP contribution in [0, 0.1) is 0 Å². The van der Waals surface area contributed by atoms with E-state index in [1.807, 2.05) is 30.3 Å². The van der Waals surface area contributed by atoms with Crippen molar-refractivity contribution in [2.45, 2.75) is 18.0 Å². The lowest BCUT2D eigenvalue weighted by Gasteiger charge is -2.14. The van der Waals surface area contributed by atoms with Crippen molar-refractivity contribution < 1.29 is 22.7 Å². The van der Waals surface area contributed by atoms with Crippen LogP contribution in [0.25, 0.3) is 11.3 Å². The Hall–Kier alpha value is -3.53. The summed E-state index contributed by atoms with van der Waals surface area (Å²) in [7, 11) is -1.09. The van der Waals surface area contributed by atoms with Crippen molar-refractivity contribution in [2.24, 2.45) is 7.05 Å². The second kappa shape index (κ2) is 9.09. The van der Waals surface area contributed by atoms with Crippen molar-refractivity contribution in [3.05, 3.63) is 66.0 Å². The number of methoxy groups -OCH3 is 1. The number of esters is 1. The Kier molecular flexibility index (Phi) is 6.50. The van der Waals surface area contributed by atoms with E-state index in [0.717, 1.165) is 12.7 Å². The number of carbonyl (C=O) groups is 2. The van der Waals surface area contributed by atoms with Crippen LogP contribution in [0.1, 0.15) is 29.0 Å². The average molecular weight is 442 g/mol. The highest BCUT2D eigenvalue weighted by atomic mass is 32.2. The summed E-state index contributed by atoms with van der Waals surface area (Å²) in [6.07, 6.45) is 1.35. The second-order valence-electron chi connectivity index (χ2n) is 6.86. The Labute approximate surface area is 180 Å². The first-order chi connectivity index (χ1) is 14.7. The Bertz CT molecular complexity index is 1190. The van der Waals surface area contributed by atoms with Crippen LogP contribution in [0.4, 0.5) is 0 Å². The number of hydrogen-bond acceptors (Lipinski definition) is 7. The van der Waals surface area contributed by atoms with E-state index in [2.05, 4.69) is 20.1 Å². The normalized spacial score (nSPS) is 12.2. The number of aromatic nitrogens is 3. The van der Waals surface area contributed by atoms with Gasteiger partial charge in [-0.2, -0.15) is 5.10 Å². The minimum absolute atomic E-state index is 0.237. The number of pyridine rings is 1. The molecule has 3 aromatic rings. The molecule has 1 atom stereocenters. The molecule has 0 bridgehead atoms. The Morgan fingerprint density at radius 3 is 2.48 bits per heavy atom. The molecule has 0 aliphatic carbocycles. The second-order valence-corrected chi connectivity index (χ2v) is 8.80. The zero-order chi connectivity index (χ0) is 22.6. The molecule has 162 valence electrons. The Morgan fingerprint density at radius 1 is 1.16 bits per heavy atom. The molecular formula is C21H22N4O5S. The molecule has 31 heavy (non-hydrogen) atoms.